The molecule has 1 fully saturated rings. The van der Waals surface area contributed by atoms with E-state index in [1.54, 1.807) is 12.1 Å². The van der Waals surface area contributed by atoms with Crippen LogP contribution in [0.15, 0.2) is 24.3 Å². The molecule has 4 nitrogen and oxygen atoms in total. The first-order valence-corrected chi connectivity index (χ1v) is 6.32. The van der Waals surface area contributed by atoms with Crippen molar-refractivity contribution in [1.82, 2.24) is 10.6 Å². The highest BCUT2D eigenvalue weighted by atomic mass is 35.5. The maximum Gasteiger partial charge on any atom is 0.224 e. The third-order valence-electron chi connectivity index (χ3n) is 2.87. The lowest BCUT2D eigenvalue weighted by Gasteiger charge is -2.23. The van der Waals surface area contributed by atoms with E-state index < -0.39 is 0 Å². The van der Waals surface area contributed by atoms with Gasteiger partial charge >= 0.3 is 0 Å². The lowest BCUT2D eigenvalue weighted by Crippen LogP contribution is -2.45. The van der Waals surface area contributed by atoms with E-state index in [0.29, 0.717) is 24.4 Å². The molecule has 0 aliphatic carbocycles. The molecule has 0 bridgehead atoms. The maximum atomic E-state index is 11.8. The monoisotopic (exact) mass is 266 g/mol. The summed E-state index contributed by atoms with van der Waals surface area (Å²) in [5, 5.41) is 6.23. The normalized spacial score (nSPS) is 19.2. The highest BCUT2D eigenvalue weighted by Crippen LogP contribution is 2.11. The van der Waals surface area contributed by atoms with Crippen molar-refractivity contribution in [2.45, 2.75) is 25.3 Å². The van der Waals surface area contributed by atoms with Crippen LogP contribution in [0.25, 0.3) is 0 Å². The third kappa shape index (κ3) is 3.74. The number of benzene rings is 1. The quantitative estimate of drug-likeness (QED) is 0.866. The van der Waals surface area contributed by atoms with Gasteiger partial charge in [0.05, 0.1) is 6.42 Å². The topological polar surface area (TPSA) is 58.2 Å². The van der Waals surface area contributed by atoms with Crippen molar-refractivity contribution in [2.24, 2.45) is 0 Å². The van der Waals surface area contributed by atoms with Gasteiger partial charge < -0.3 is 10.6 Å². The van der Waals surface area contributed by atoms with Gasteiger partial charge in [0, 0.05) is 24.0 Å². The minimum absolute atomic E-state index is 0.00527. The molecule has 1 heterocycles. The van der Waals surface area contributed by atoms with Crippen molar-refractivity contribution < 1.29 is 9.59 Å². The molecular weight excluding hydrogens is 252 g/mol. The number of carbonyl (C=O) groups excluding carboxylic acids is 2. The molecular formula is C13H15ClN2O2. The average molecular weight is 267 g/mol. The Hall–Kier alpha value is -1.55. The Bertz CT molecular complexity index is 462. The molecule has 1 aliphatic heterocycles. The van der Waals surface area contributed by atoms with E-state index in [2.05, 4.69) is 10.6 Å². The second-order valence-corrected chi connectivity index (χ2v) is 4.85. The summed E-state index contributed by atoms with van der Waals surface area (Å²) < 4.78 is 0. The van der Waals surface area contributed by atoms with Crippen LogP contribution in [-0.4, -0.2) is 24.4 Å². The van der Waals surface area contributed by atoms with Crippen LogP contribution in [0.2, 0.25) is 5.02 Å². The summed E-state index contributed by atoms with van der Waals surface area (Å²) in [6.45, 7) is 0.626. The van der Waals surface area contributed by atoms with Crippen molar-refractivity contribution >= 4 is 23.4 Å². The van der Waals surface area contributed by atoms with Crippen molar-refractivity contribution in [3.8, 4) is 0 Å². The minimum atomic E-state index is -0.0723. The molecule has 1 saturated heterocycles. The summed E-state index contributed by atoms with van der Waals surface area (Å²) in [6, 6.07) is 7.17. The predicted octanol–water partition coefficient (Wildman–Crippen LogP) is 1.28. The van der Waals surface area contributed by atoms with E-state index >= 15 is 0 Å². The van der Waals surface area contributed by atoms with Crippen LogP contribution in [0.5, 0.6) is 0 Å². The van der Waals surface area contributed by atoms with E-state index in [-0.39, 0.29) is 17.9 Å². The largest absolute Gasteiger partial charge is 0.356 e. The fraction of sp³-hybridized carbons (Fsp3) is 0.385. The number of amides is 2. The summed E-state index contributed by atoms with van der Waals surface area (Å²) in [5.74, 6) is -0.0775. The number of rotatable bonds is 3. The summed E-state index contributed by atoms with van der Waals surface area (Å²) in [6.07, 6.45) is 1.44. The van der Waals surface area contributed by atoms with Gasteiger partial charge in [-0.05, 0) is 24.1 Å². The Balaban J connectivity index is 1.86. The van der Waals surface area contributed by atoms with Crippen LogP contribution in [-0.2, 0) is 16.0 Å². The van der Waals surface area contributed by atoms with Gasteiger partial charge in [-0.3, -0.25) is 9.59 Å². The highest BCUT2D eigenvalue weighted by Gasteiger charge is 2.20. The van der Waals surface area contributed by atoms with Crippen molar-refractivity contribution in [2.75, 3.05) is 6.54 Å². The van der Waals surface area contributed by atoms with Crippen molar-refractivity contribution in [3.63, 3.8) is 0 Å². The van der Waals surface area contributed by atoms with Crippen LogP contribution in [0.1, 0.15) is 18.4 Å². The van der Waals surface area contributed by atoms with Gasteiger partial charge in [0.1, 0.15) is 0 Å². The van der Waals surface area contributed by atoms with Crippen molar-refractivity contribution in [1.29, 1.82) is 0 Å². The van der Waals surface area contributed by atoms with E-state index in [9.17, 15) is 9.59 Å². The first-order chi connectivity index (χ1) is 8.63. The Labute approximate surface area is 111 Å². The minimum Gasteiger partial charge on any atom is -0.356 e. The number of nitrogens with one attached hydrogen (secondary N) is 2. The summed E-state index contributed by atoms with van der Waals surface area (Å²) in [4.78, 5) is 23.0. The summed E-state index contributed by atoms with van der Waals surface area (Å²) in [7, 11) is 0. The van der Waals surface area contributed by atoms with Gasteiger partial charge in [-0.1, -0.05) is 23.7 Å². The second kappa shape index (κ2) is 5.87. The lowest BCUT2D eigenvalue weighted by atomic mass is 10.1. The molecule has 0 aromatic heterocycles. The molecule has 0 spiro atoms. The summed E-state index contributed by atoms with van der Waals surface area (Å²) in [5.41, 5.74) is 0.875. The zero-order valence-corrected chi connectivity index (χ0v) is 10.7. The Morgan fingerprint density at radius 3 is 3.06 bits per heavy atom. The molecule has 1 aromatic carbocycles. The first-order valence-electron chi connectivity index (χ1n) is 5.94. The van der Waals surface area contributed by atoms with Gasteiger partial charge in [-0.25, -0.2) is 0 Å². The van der Waals surface area contributed by atoms with Gasteiger partial charge in [0.2, 0.25) is 11.8 Å². The number of halogens is 1. The molecule has 0 radical (unpaired) electrons. The standard InChI is InChI=1S/C13H15ClN2O2/c14-10-3-1-2-9(6-10)7-13(18)16-11-4-5-15-12(17)8-11/h1-3,6,11H,4-5,7-8H2,(H,15,17)(H,16,18). The fourth-order valence-corrected chi connectivity index (χ4v) is 2.23. The van der Waals surface area contributed by atoms with E-state index in [1.807, 2.05) is 12.1 Å². The van der Waals surface area contributed by atoms with Gasteiger partial charge in [-0.15, -0.1) is 0 Å². The van der Waals surface area contributed by atoms with Crippen LogP contribution in [0.4, 0.5) is 0 Å². The molecule has 5 heteroatoms. The predicted molar refractivity (Wildman–Crippen MR) is 69.3 cm³/mol. The van der Waals surface area contributed by atoms with E-state index in [4.69, 9.17) is 11.6 Å². The molecule has 96 valence electrons. The number of hydrogen-bond acceptors (Lipinski definition) is 2. The molecule has 2 rings (SSSR count). The Morgan fingerprint density at radius 2 is 2.33 bits per heavy atom. The van der Waals surface area contributed by atoms with Gasteiger partial charge in [0.25, 0.3) is 0 Å². The van der Waals surface area contributed by atoms with Gasteiger partial charge in [0.15, 0.2) is 0 Å². The Kier molecular flexibility index (Phi) is 4.20. The van der Waals surface area contributed by atoms with Gasteiger partial charge in [-0.2, -0.15) is 0 Å². The van der Waals surface area contributed by atoms with Crippen LogP contribution < -0.4 is 10.6 Å². The molecule has 1 unspecified atom stereocenters. The Morgan fingerprint density at radius 1 is 1.50 bits per heavy atom. The van der Waals surface area contributed by atoms with Crippen LogP contribution in [0.3, 0.4) is 0 Å². The second-order valence-electron chi connectivity index (χ2n) is 4.41. The van der Waals surface area contributed by atoms with E-state index in [0.717, 1.165) is 12.0 Å². The molecule has 2 N–H and O–H groups in total. The molecule has 1 atom stereocenters. The lowest BCUT2D eigenvalue weighted by molar-refractivity contribution is -0.124. The smallest absolute Gasteiger partial charge is 0.224 e. The zero-order chi connectivity index (χ0) is 13.0. The average Bonchev–Trinajstić information content (AvgIpc) is 2.28. The highest BCUT2D eigenvalue weighted by molar-refractivity contribution is 6.30. The number of hydrogen-bond donors (Lipinski definition) is 2. The van der Waals surface area contributed by atoms with Crippen LogP contribution in [0, 0.1) is 0 Å². The molecule has 2 amide bonds. The number of piperidine rings is 1. The van der Waals surface area contributed by atoms with Crippen molar-refractivity contribution in [3.05, 3.63) is 34.9 Å². The molecule has 18 heavy (non-hydrogen) atoms. The molecule has 1 aliphatic rings. The maximum absolute atomic E-state index is 11.8. The first kappa shape index (κ1) is 12.9. The zero-order valence-electron chi connectivity index (χ0n) is 9.91. The van der Waals surface area contributed by atoms with Crippen LogP contribution >= 0.6 is 11.6 Å². The fourth-order valence-electron chi connectivity index (χ4n) is 2.02. The summed E-state index contributed by atoms with van der Waals surface area (Å²) >= 11 is 5.85. The number of carbonyl (C=O) groups is 2. The SMILES string of the molecule is O=C1CC(NC(=O)Cc2cccc(Cl)c2)CCN1. The molecule has 0 saturated carbocycles. The van der Waals surface area contributed by atoms with E-state index in [1.165, 1.54) is 0 Å². The third-order valence-corrected chi connectivity index (χ3v) is 3.10. The molecule has 1 aromatic rings.